The summed E-state index contributed by atoms with van der Waals surface area (Å²) in [5, 5.41) is 4.27. The Bertz CT molecular complexity index is 886. The van der Waals surface area contributed by atoms with E-state index in [1.54, 1.807) is 38.2 Å². The molecule has 0 bridgehead atoms. The molecule has 1 aromatic carbocycles. The molecule has 2 heterocycles. The van der Waals surface area contributed by atoms with Gasteiger partial charge in [-0.15, -0.1) is 0 Å². The van der Waals surface area contributed by atoms with Gasteiger partial charge in [0.15, 0.2) is 0 Å². The molecule has 118 valence electrons. The maximum absolute atomic E-state index is 12.5. The van der Waals surface area contributed by atoms with Crippen LogP contribution in [0.1, 0.15) is 18.7 Å². The van der Waals surface area contributed by atoms with E-state index in [0.717, 1.165) is 0 Å². The van der Waals surface area contributed by atoms with Crippen molar-refractivity contribution < 1.29 is 9.32 Å². The zero-order valence-corrected chi connectivity index (χ0v) is 12.8. The third-order valence-electron chi connectivity index (χ3n) is 3.73. The lowest BCUT2D eigenvalue weighted by Gasteiger charge is -2.21. The highest BCUT2D eigenvalue weighted by molar-refractivity contribution is 5.81. The number of benzene rings is 1. The van der Waals surface area contributed by atoms with Crippen LogP contribution in [0.5, 0.6) is 0 Å². The van der Waals surface area contributed by atoms with Gasteiger partial charge in [-0.05, 0) is 19.1 Å². The largest absolute Gasteiger partial charge is 0.364 e. The molecule has 7 nitrogen and oxygen atoms in total. The van der Waals surface area contributed by atoms with Gasteiger partial charge in [0.25, 0.3) is 5.56 Å². The van der Waals surface area contributed by atoms with Gasteiger partial charge in [-0.3, -0.25) is 14.2 Å². The molecule has 0 aliphatic heterocycles. The molecule has 7 heteroatoms. The fourth-order valence-corrected chi connectivity index (χ4v) is 2.44. The SMILES string of the molecule is CC(C(=O)N(C)Cc1ccon1)n1cnc2ccccc2c1=O. The van der Waals surface area contributed by atoms with Crippen LogP contribution in [0.25, 0.3) is 10.9 Å². The van der Waals surface area contributed by atoms with Crippen molar-refractivity contribution in [2.45, 2.75) is 19.5 Å². The summed E-state index contributed by atoms with van der Waals surface area (Å²) in [7, 11) is 1.66. The number of hydrogen-bond acceptors (Lipinski definition) is 5. The normalized spacial score (nSPS) is 12.3. The fourth-order valence-electron chi connectivity index (χ4n) is 2.44. The van der Waals surface area contributed by atoms with Crippen molar-refractivity contribution in [1.82, 2.24) is 19.6 Å². The average molecular weight is 312 g/mol. The maximum Gasteiger partial charge on any atom is 0.261 e. The van der Waals surface area contributed by atoms with E-state index < -0.39 is 6.04 Å². The second kappa shape index (κ2) is 6.04. The molecule has 0 saturated carbocycles. The minimum atomic E-state index is -0.656. The van der Waals surface area contributed by atoms with E-state index in [-0.39, 0.29) is 11.5 Å². The van der Waals surface area contributed by atoms with Crippen LogP contribution >= 0.6 is 0 Å². The van der Waals surface area contributed by atoms with Crippen LogP contribution in [0.15, 0.2) is 52.2 Å². The topological polar surface area (TPSA) is 81.2 Å². The summed E-state index contributed by atoms with van der Waals surface area (Å²) in [6, 6.07) is 8.11. The first-order valence-corrected chi connectivity index (χ1v) is 7.18. The number of amides is 1. The van der Waals surface area contributed by atoms with E-state index in [1.807, 2.05) is 6.07 Å². The van der Waals surface area contributed by atoms with Crippen LogP contribution < -0.4 is 5.56 Å². The Morgan fingerprint density at radius 3 is 2.87 bits per heavy atom. The molecule has 3 aromatic rings. The summed E-state index contributed by atoms with van der Waals surface area (Å²) in [5.74, 6) is -0.202. The van der Waals surface area contributed by atoms with Gasteiger partial charge in [0.2, 0.25) is 5.91 Å². The Morgan fingerprint density at radius 2 is 2.13 bits per heavy atom. The van der Waals surface area contributed by atoms with Crippen LogP contribution in [0, 0.1) is 0 Å². The number of fused-ring (bicyclic) bond motifs is 1. The van der Waals surface area contributed by atoms with Gasteiger partial charge in [-0.25, -0.2) is 4.98 Å². The molecule has 0 saturated heterocycles. The molecule has 3 rings (SSSR count). The van der Waals surface area contributed by atoms with E-state index >= 15 is 0 Å². The second-order valence-corrected chi connectivity index (χ2v) is 5.34. The molecule has 1 amide bonds. The molecule has 1 unspecified atom stereocenters. The van der Waals surface area contributed by atoms with Gasteiger partial charge >= 0.3 is 0 Å². The number of nitrogens with zero attached hydrogens (tertiary/aromatic N) is 4. The van der Waals surface area contributed by atoms with Crippen LogP contribution in [-0.4, -0.2) is 32.6 Å². The average Bonchev–Trinajstić information content (AvgIpc) is 3.07. The highest BCUT2D eigenvalue weighted by Gasteiger charge is 2.21. The van der Waals surface area contributed by atoms with Crippen LogP contribution in [-0.2, 0) is 11.3 Å². The minimum absolute atomic E-state index is 0.202. The van der Waals surface area contributed by atoms with E-state index in [0.29, 0.717) is 23.1 Å². The highest BCUT2D eigenvalue weighted by atomic mass is 16.5. The molecule has 0 aliphatic rings. The molecule has 0 spiro atoms. The number of carbonyl (C=O) groups is 1. The number of likely N-dealkylation sites (N-methyl/N-ethyl adjacent to an activating group) is 1. The monoisotopic (exact) mass is 312 g/mol. The zero-order chi connectivity index (χ0) is 16.4. The summed E-state index contributed by atoms with van der Waals surface area (Å²) in [4.78, 5) is 30.8. The lowest BCUT2D eigenvalue weighted by molar-refractivity contribution is -0.133. The van der Waals surface area contributed by atoms with Crippen LogP contribution in [0.3, 0.4) is 0 Å². The third-order valence-corrected chi connectivity index (χ3v) is 3.73. The number of rotatable bonds is 4. The van der Waals surface area contributed by atoms with Crippen molar-refractivity contribution >= 4 is 16.8 Å². The van der Waals surface area contributed by atoms with Gasteiger partial charge in [0.05, 0.1) is 23.8 Å². The molecule has 2 aromatic heterocycles. The van der Waals surface area contributed by atoms with Crippen molar-refractivity contribution in [2.24, 2.45) is 0 Å². The fraction of sp³-hybridized carbons (Fsp3) is 0.250. The molecular formula is C16H16N4O3. The van der Waals surface area contributed by atoms with Gasteiger partial charge < -0.3 is 9.42 Å². The van der Waals surface area contributed by atoms with Gasteiger partial charge in [-0.1, -0.05) is 17.3 Å². The first-order valence-electron chi connectivity index (χ1n) is 7.18. The first kappa shape index (κ1) is 15.0. The second-order valence-electron chi connectivity index (χ2n) is 5.34. The van der Waals surface area contributed by atoms with Crippen molar-refractivity contribution in [3.63, 3.8) is 0 Å². The highest BCUT2D eigenvalue weighted by Crippen LogP contribution is 2.12. The Morgan fingerprint density at radius 1 is 1.35 bits per heavy atom. The summed E-state index contributed by atoms with van der Waals surface area (Å²) >= 11 is 0. The summed E-state index contributed by atoms with van der Waals surface area (Å²) in [5.41, 5.74) is 1.03. The van der Waals surface area contributed by atoms with Crippen LogP contribution in [0.4, 0.5) is 0 Å². The van der Waals surface area contributed by atoms with Crippen molar-refractivity contribution in [2.75, 3.05) is 7.05 Å². The molecule has 1 atom stereocenters. The van der Waals surface area contributed by atoms with Gasteiger partial charge in [-0.2, -0.15) is 0 Å². The first-order chi connectivity index (χ1) is 11.1. The Kier molecular flexibility index (Phi) is 3.92. The standard InChI is InChI=1S/C16H16N4O3/c1-11(15(21)19(2)9-12-7-8-23-18-12)20-10-17-14-6-4-3-5-13(14)16(20)22/h3-8,10-11H,9H2,1-2H3. The van der Waals surface area contributed by atoms with E-state index in [9.17, 15) is 9.59 Å². The van der Waals surface area contributed by atoms with Gasteiger partial charge in [0, 0.05) is 13.1 Å². The smallest absolute Gasteiger partial charge is 0.261 e. The van der Waals surface area contributed by atoms with E-state index in [2.05, 4.69) is 10.1 Å². The molecule has 23 heavy (non-hydrogen) atoms. The molecule has 0 radical (unpaired) electrons. The molecule has 0 fully saturated rings. The number of hydrogen-bond donors (Lipinski definition) is 0. The third kappa shape index (κ3) is 2.85. The summed E-state index contributed by atoms with van der Waals surface area (Å²) in [6.07, 6.45) is 2.87. The predicted octanol–water partition coefficient (Wildman–Crippen LogP) is 1.60. The summed E-state index contributed by atoms with van der Waals surface area (Å²) in [6.45, 7) is 1.99. The zero-order valence-electron chi connectivity index (χ0n) is 12.8. The summed E-state index contributed by atoms with van der Waals surface area (Å²) < 4.78 is 6.11. The van der Waals surface area contributed by atoms with Crippen molar-refractivity contribution in [1.29, 1.82) is 0 Å². The van der Waals surface area contributed by atoms with Crippen molar-refractivity contribution in [3.8, 4) is 0 Å². The molecule has 0 aliphatic carbocycles. The van der Waals surface area contributed by atoms with Crippen LogP contribution in [0.2, 0.25) is 0 Å². The molecular weight excluding hydrogens is 296 g/mol. The Hall–Kier alpha value is -2.96. The molecule has 0 N–H and O–H groups in total. The quantitative estimate of drug-likeness (QED) is 0.731. The number of para-hydroxylation sites is 1. The predicted molar refractivity (Wildman–Crippen MR) is 83.7 cm³/mol. The number of carbonyl (C=O) groups excluding carboxylic acids is 1. The lowest BCUT2D eigenvalue weighted by atomic mass is 10.2. The lowest BCUT2D eigenvalue weighted by Crippen LogP contribution is -2.37. The Labute approximate surface area is 132 Å². The van der Waals surface area contributed by atoms with E-state index in [1.165, 1.54) is 22.1 Å². The minimum Gasteiger partial charge on any atom is -0.364 e. The number of aromatic nitrogens is 3. The Balaban J connectivity index is 1.87. The van der Waals surface area contributed by atoms with Crippen molar-refractivity contribution in [3.05, 3.63) is 59.0 Å². The van der Waals surface area contributed by atoms with Gasteiger partial charge in [0.1, 0.15) is 18.0 Å². The van der Waals surface area contributed by atoms with E-state index in [4.69, 9.17) is 4.52 Å². The maximum atomic E-state index is 12.5.